The van der Waals surface area contributed by atoms with Gasteiger partial charge in [0.05, 0.1) is 28.6 Å². The maximum atomic E-state index is 14.2. The van der Waals surface area contributed by atoms with Crippen LogP contribution in [0.25, 0.3) is 0 Å². The van der Waals surface area contributed by atoms with Crippen LogP contribution in [0.15, 0.2) is 42.5 Å². The van der Waals surface area contributed by atoms with Gasteiger partial charge in [0.2, 0.25) is 11.8 Å². The normalized spacial score (nSPS) is 32.6. The Labute approximate surface area is 203 Å². The van der Waals surface area contributed by atoms with Gasteiger partial charge in [-0.3, -0.25) is 14.4 Å². The van der Waals surface area contributed by atoms with E-state index in [9.17, 15) is 19.5 Å². The van der Waals surface area contributed by atoms with E-state index >= 15 is 0 Å². The quantitative estimate of drug-likeness (QED) is 0.653. The van der Waals surface area contributed by atoms with Crippen LogP contribution >= 0.6 is 11.6 Å². The van der Waals surface area contributed by atoms with Gasteiger partial charge in [0, 0.05) is 33.3 Å². The summed E-state index contributed by atoms with van der Waals surface area (Å²) in [6.07, 6.45) is 7.05. The van der Waals surface area contributed by atoms with Crippen LogP contribution in [-0.4, -0.2) is 83.7 Å². The molecule has 5 rings (SSSR count). The van der Waals surface area contributed by atoms with Crippen molar-refractivity contribution >= 4 is 35.0 Å². The minimum absolute atomic E-state index is 0.122. The van der Waals surface area contributed by atoms with E-state index in [1.165, 1.54) is 4.90 Å². The molecule has 4 aliphatic rings. The molecule has 1 unspecified atom stereocenters. The van der Waals surface area contributed by atoms with Crippen molar-refractivity contribution in [2.45, 2.75) is 31.1 Å². The van der Waals surface area contributed by atoms with Gasteiger partial charge in [-0.1, -0.05) is 48.0 Å². The number of carbonyl (C=O) groups excluding carboxylic acids is 3. The van der Waals surface area contributed by atoms with Crippen LogP contribution in [0.4, 0.5) is 5.69 Å². The van der Waals surface area contributed by atoms with Crippen LogP contribution in [0.3, 0.4) is 0 Å². The molecule has 0 saturated carbocycles. The highest BCUT2D eigenvalue weighted by Gasteiger charge is 2.71. The molecule has 34 heavy (non-hydrogen) atoms. The smallest absolute Gasteiger partial charge is 0.253 e. The monoisotopic (exact) mass is 485 g/mol. The van der Waals surface area contributed by atoms with E-state index in [-0.39, 0.29) is 37.4 Å². The molecule has 3 amide bonds. The van der Waals surface area contributed by atoms with Crippen LogP contribution < -0.4 is 4.90 Å². The average molecular weight is 486 g/mol. The predicted molar refractivity (Wildman–Crippen MR) is 126 cm³/mol. The minimum atomic E-state index is -1.28. The lowest BCUT2D eigenvalue weighted by molar-refractivity contribution is -0.143. The zero-order chi connectivity index (χ0) is 24.2. The van der Waals surface area contributed by atoms with Crippen LogP contribution in [0.1, 0.15) is 12.0 Å². The summed E-state index contributed by atoms with van der Waals surface area (Å²) >= 11 is 6.51. The van der Waals surface area contributed by atoms with E-state index in [2.05, 4.69) is 0 Å². The summed E-state index contributed by atoms with van der Waals surface area (Å²) in [5.74, 6) is -2.32. The summed E-state index contributed by atoms with van der Waals surface area (Å²) in [5, 5.41) is 9.91. The Kier molecular flexibility index (Phi) is 5.78. The van der Waals surface area contributed by atoms with Crippen molar-refractivity contribution in [3.05, 3.63) is 53.1 Å². The summed E-state index contributed by atoms with van der Waals surface area (Å²) < 4.78 is 6.53. The largest absolute Gasteiger partial charge is 0.396 e. The first-order valence-corrected chi connectivity index (χ1v) is 11.9. The second-order valence-electron chi connectivity index (χ2n) is 9.35. The fraction of sp³-hybridized carbons (Fsp3) is 0.480. The van der Waals surface area contributed by atoms with E-state index < -0.39 is 29.6 Å². The van der Waals surface area contributed by atoms with Gasteiger partial charge < -0.3 is 24.5 Å². The second kappa shape index (κ2) is 8.52. The molecule has 1 aromatic rings. The van der Waals surface area contributed by atoms with Crippen molar-refractivity contribution < 1.29 is 24.2 Å². The number of likely N-dealkylation sites (N-methyl/N-ethyl adjacent to an activating group) is 1. The van der Waals surface area contributed by atoms with Crippen molar-refractivity contribution in [1.82, 2.24) is 9.80 Å². The third kappa shape index (κ3) is 3.23. The van der Waals surface area contributed by atoms with Crippen LogP contribution in [-0.2, 0) is 19.1 Å². The van der Waals surface area contributed by atoms with Gasteiger partial charge >= 0.3 is 0 Å². The maximum Gasteiger partial charge on any atom is 0.253 e. The summed E-state index contributed by atoms with van der Waals surface area (Å²) in [5.41, 5.74) is 0.156. The number of hydrogen-bond donors (Lipinski definition) is 1. The molecule has 4 heterocycles. The molecule has 0 bridgehead atoms. The molecule has 4 aliphatic heterocycles. The predicted octanol–water partition coefficient (Wildman–Crippen LogP) is 1.54. The standard InChI is InChI=1S/C25H28ClN3O5/c1-15-7-3-8-16(26)20(15)28-12-5-10-25-19(18-17(34-25)9-4-11-27(2)22(18)31)23(32)29(13-6-14-30)21(25)24(28)33/h3-5,7-10,17-19,21,30H,6,11-14H2,1-2H3/t17-,18+,19+,21?,25+/m1/s1. The molecule has 0 aromatic heterocycles. The van der Waals surface area contributed by atoms with Gasteiger partial charge in [-0.05, 0) is 25.0 Å². The molecule has 180 valence electrons. The van der Waals surface area contributed by atoms with Gasteiger partial charge in [-0.2, -0.15) is 0 Å². The van der Waals surface area contributed by atoms with Gasteiger partial charge in [-0.15, -0.1) is 0 Å². The Hall–Kier alpha value is -2.68. The van der Waals surface area contributed by atoms with E-state index in [0.29, 0.717) is 23.7 Å². The number of amides is 3. The number of aliphatic hydroxyl groups excluding tert-OH is 1. The first-order chi connectivity index (χ1) is 16.3. The fourth-order valence-corrected chi connectivity index (χ4v) is 6.23. The van der Waals surface area contributed by atoms with Crippen LogP contribution in [0.5, 0.6) is 0 Å². The van der Waals surface area contributed by atoms with Gasteiger partial charge in [0.1, 0.15) is 11.6 Å². The average Bonchev–Trinajstić information content (AvgIpc) is 3.12. The minimum Gasteiger partial charge on any atom is -0.396 e. The highest BCUT2D eigenvalue weighted by atomic mass is 35.5. The molecule has 1 aromatic carbocycles. The molecule has 1 spiro atoms. The zero-order valence-electron chi connectivity index (χ0n) is 19.2. The molecule has 8 nitrogen and oxygen atoms in total. The molecule has 0 aliphatic carbocycles. The topological polar surface area (TPSA) is 90.4 Å². The highest BCUT2D eigenvalue weighted by Crippen LogP contribution is 2.53. The van der Waals surface area contributed by atoms with E-state index in [1.807, 2.05) is 37.3 Å². The van der Waals surface area contributed by atoms with Crippen LogP contribution in [0.2, 0.25) is 5.02 Å². The Morgan fingerprint density at radius 2 is 1.94 bits per heavy atom. The Morgan fingerprint density at radius 3 is 2.68 bits per heavy atom. The molecule has 5 atom stereocenters. The molecular weight excluding hydrogens is 458 g/mol. The summed E-state index contributed by atoms with van der Waals surface area (Å²) in [6.45, 7) is 2.65. The van der Waals surface area contributed by atoms with Crippen molar-refractivity contribution in [2.75, 3.05) is 38.2 Å². The lowest BCUT2D eigenvalue weighted by atomic mass is 9.77. The number of ether oxygens (including phenoxy) is 1. The van der Waals surface area contributed by atoms with Crippen LogP contribution in [0, 0.1) is 18.8 Å². The third-order valence-electron chi connectivity index (χ3n) is 7.38. The number of benzene rings is 1. The summed E-state index contributed by atoms with van der Waals surface area (Å²) in [7, 11) is 1.70. The van der Waals surface area contributed by atoms with Gasteiger partial charge in [-0.25, -0.2) is 0 Å². The molecule has 9 heteroatoms. The van der Waals surface area contributed by atoms with E-state index in [1.54, 1.807) is 29.0 Å². The Balaban J connectivity index is 1.64. The molecular formula is C25H28ClN3O5. The number of aryl methyl sites for hydroxylation is 1. The molecule has 2 saturated heterocycles. The highest BCUT2D eigenvalue weighted by molar-refractivity contribution is 6.34. The van der Waals surface area contributed by atoms with Crippen molar-refractivity contribution in [3.63, 3.8) is 0 Å². The fourth-order valence-electron chi connectivity index (χ4n) is 5.91. The summed E-state index contributed by atoms with van der Waals surface area (Å²) in [6, 6.07) is 4.47. The molecule has 0 radical (unpaired) electrons. The van der Waals surface area contributed by atoms with Gasteiger partial charge in [0.15, 0.2) is 0 Å². The number of carbonyl (C=O) groups is 3. The zero-order valence-corrected chi connectivity index (χ0v) is 19.9. The number of rotatable bonds is 4. The van der Waals surface area contributed by atoms with Crippen molar-refractivity contribution in [3.8, 4) is 0 Å². The Bertz CT molecular complexity index is 1080. The lowest BCUT2D eigenvalue weighted by Crippen LogP contribution is -2.55. The second-order valence-corrected chi connectivity index (χ2v) is 9.76. The van der Waals surface area contributed by atoms with Crippen molar-refractivity contribution in [1.29, 1.82) is 0 Å². The number of aliphatic hydroxyl groups is 1. The van der Waals surface area contributed by atoms with E-state index in [0.717, 1.165) is 5.56 Å². The number of para-hydroxylation sites is 1. The molecule has 1 N–H and O–H groups in total. The Morgan fingerprint density at radius 1 is 1.15 bits per heavy atom. The number of likely N-dealkylation sites (tertiary alicyclic amines) is 1. The number of anilines is 1. The van der Waals surface area contributed by atoms with Gasteiger partial charge in [0.25, 0.3) is 5.91 Å². The number of fused-ring (bicyclic) bond motifs is 2. The number of nitrogens with zero attached hydrogens (tertiary/aromatic N) is 3. The third-order valence-corrected chi connectivity index (χ3v) is 7.68. The van der Waals surface area contributed by atoms with Crippen molar-refractivity contribution in [2.24, 2.45) is 11.8 Å². The first kappa shape index (κ1) is 23.1. The number of halogens is 1. The SMILES string of the molecule is Cc1cccc(Cl)c1N1CC=C[C@]23O[C@@H]4C=CCN(C)C(=O)[C@@H]4[C@H]2C(=O)N(CCCO)C3C1=O. The summed E-state index contributed by atoms with van der Waals surface area (Å²) in [4.78, 5) is 46.0. The lowest BCUT2D eigenvalue weighted by Gasteiger charge is -2.35. The first-order valence-electron chi connectivity index (χ1n) is 11.6. The molecule has 2 fully saturated rings. The maximum absolute atomic E-state index is 14.2. The van der Waals surface area contributed by atoms with E-state index in [4.69, 9.17) is 16.3 Å². The number of hydrogen-bond acceptors (Lipinski definition) is 5.